The molecule has 150 valence electrons. The number of aromatic amines is 1. The van der Waals surface area contributed by atoms with Gasteiger partial charge >= 0.3 is 0 Å². The van der Waals surface area contributed by atoms with Crippen LogP contribution < -0.4 is 10.6 Å². The number of H-pyrrole nitrogens is 1. The van der Waals surface area contributed by atoms with Crippen molar-refractivity contribution in [1.82, 2.24) is 15.5 Å². The highest BCUT2D eigenvalue weighted by molar-refractivity contribution is 6.22. The number of carbonyl (C=O) groups is 2. The Morgan fingerprint density at radius 1 is 1.00 bits per heavy atom. The average molecular weight is 398 g/mol. The Morgan fingerprint density at radius 2 is 1.80 bits per heavy atom. The van der Waals surface area contributed by atoms with Crippen LogP contribution in [0.5, 0.6) is 0 Å². The van der Waals surface area contributed by atoms with Crippen molar-refractivity contribution >= 4 is 28.4 Å². The number of fused-ring (bicyclic) bond motifs is 9. The van der Waals surface area contributed by atoms with Crippen LogP contribution >= 0.6 is 0 Å². The van der Waals surface area contributed by atoms with Crippen molar-refractivity contribution in [3.63, 3.8) is 0 Å². The number of rotatable bonds is 1. The van der Waals surface area contributed by atoms with E-state index in [0.29, 0.717) is 34.8 Å². The lowest BCUT2D eigenvalue weighted by Gasteiger charge is -2.43. The molecule has 2 aromatic carbocycles. The van der Waals surface area contributed by atoms with Gasteiger partial charge in [0.25, 0.3) is 11.8 Å². The number of nitrogens with one attached hydrogen (secondary N) is 3. The largest absolute Gasteiger partial charge is 0.378 e. The molecule has 30 heavy (non-hydrogen) atoms. The molecule has 6 nitrogen and oxygen atoms in total. The summed E-state index contributed by atoms with van der Waals surface area (Å²) in [4.78, 5) is 24.5. The minimum absolute atomic E-state index is 0.203. The van der Waals surface area contributed by atoms with Crippen LogP contribution in [-0.4, -0.2) is 22.0 Å². The maximum atomic E-state index is 12.3. The number of imide groups is 1. The Bertz CT molecular complexity index is 1280. The van der Waals surface area contributed by atoms with Gasteiger partial charge in [0.05, 0.1) is 28.4 Å². The highest BCUT2D eigenvalue weighted by Crippen LogP contribution is 2.64. The number of benzene rings is 2. The van der Waals surface area contributed by atoms with Gasteiger partial charge in [-0.25, -0.2) is 0 Å². The molecule has 1 aromatic heterocycles. The third-order valence-corrected chi connectivity index (χ3v) is 8.08. The average Bonchev–Trinajstić information content (AvgIpc) is 3.51. The normalized spacial score (nSPS) is 30.8. The molecule has 2 fully saturated rings. The fourth-order valence-corrected chi connectivity index (χ4v) is 6.83. The molecule has 4 aliphatic rings. The van der Waals surface area contributed by atoms with Crippen LogP contribution in [0.2, 0.25) is 0 Å². The van der Waals surface area contributed by atoms with E-state index in [4.69, 9.17) is 0 Å². The molecule has 0 unspecified atom stereocenters. The van der Waals surface area contributed by atoms with Crippen molar-refractivity contribution in [2.45, 2.75) is 38.1 Å². The quantitative estimate of drug-likeness (QED) is 0.540. The van der Waals surface area contributed by atoms with E-state index in [2.05, 4.69) is 39.0 Å². The summed E-state index contributed by atoms with van der Waals surface area (Å²) in [5, 5.41) is 14.9. The van der Waals surface area contributed by atoms with Gasteiger partial charge in [-0.3, -0.25) is 20.0 Å². The Hall–Kier alpha value is -3.15. The minimum Gasteiger partial charge on any atom is -0.378 e. The van der Waals surface area contributed by atoms with Crippen molar-refractivity contribution in [2.75, 3.05) is 5.32 Å². The van der Waals surface area contributed by atoms with Crippen LogP contribution in [0.15, 0.2) is 30.3 Å². The van der Waals surface area contributed by atoms with Gasteiger partial charge in [0.2, 0.25) is 0 Å². The van der Waals surface area contributed by atoms with Crippen LogP contribution in [-0.2, 0) is 0 Å². The van der Waals surface area contributed by atoms with Gasteiger partial charge in [0.15, 0.2) is 0 Å². The topological polar surface area (TPSA) is 86.9 Å². The molecule has 3 heterocycles. The summed E-state index contributed by atoms with van der Waals surface area (Å²) in [7, 11) is 0. The van der Waals surface area contributed by atoms with E-state index in [1.807, 2.05) is 19.1 Å². The molecule has 3 N–H and O–H groups in total. The van der Waals surface area contributed by atoms with Crippen LogP contribution in [0, 0.1) is 24.7 Å². The highest BCUT2D eigenvalue weighted by atomic mass is 16.2. The van der Waals surface area contributed by atoms with Crippen molar-refractivity contribution in [3.05, 3.63) is 58.3 Å². The van der Waals surface area contributed by atoms with Gasteiger partial charge in [0, 0.05) is 11.1 Å². The summed E-state index contributed by atoms with van der Waals surface area (Å²) >= 11 is 0. The molecule has 2 saturated carbocycles. The van der Waals surface area contributed by atoms with Gasteiger partial charge in [0.1, 0.15) is 0 Å². The Kier molecular flexibility index (Phi) is 3.05. The third kappa shape index (κ3) is 2.01. The lowest BCUT2D eigenvalue weighted by molar-refractivity contribution is 0.0879. The standard InChI is InChI=1S/C24H22N4O2/c1-10-14-7-13(4-5-18(14)28-27-10)22-21-12-3-2-11(6-12)20(21)17-8-15-16(9-19(17)25-22)24(30)26-23(15)29/h4-5,7-9,11-12,20-22,25H,2-3,6H2,1H3,(H,27,28)(H,26,29,30)/t11-,12+,20-,21-,22+/m1/s1. The second-order valence-corrected chi connectivity index (χ2v) is 9.44. The Morgan fingerprint density at radius 3 is 2.67 bits per heavy atom. The van der Waals surface area contributed by atoms with E-state index in [1.165, 1.54) is 35.8 Å². The van der Waals surface area contributed by atoms with Crippen LogP contribution in [0.1, 0.15) is 68.8 Å². The first-order valence-electron chi connectivity index (χ1n) is 10.8. The first-order valence-corrected chi connectivity index (χ1v) is 10.8. The molecule has 0 radical (unpaired) electrons. The second kappa shape index (κ2) is 5.50. The van der Waals surface area contributed by atoms with Crippen molar-refractivity contribution in [3.8, 4) is 0 Å². The molecule has 0 saturated heterocycles. The summed E-state index contributed by atoms with van der Waals surface area (Å²) in [6, 6.07) is 10.7. The van der Waals surface area contributed by atoms with E-state index >= 15 is 0 Å². The molecule has 2 aliphatic heterocycles. The first-order chi connectivity index (χ1) is 14.6. The number of nitrogens with zero attached hydrogens (tertiary/aromatic N) is 1. The SMILES string of the molecule is Cc1n[nH]c2ccc([C@@H]3Nc4cc5c(cc4[C@H]4[C@@H]6CC[C@@H](C6)[C@H]43)C(=O)NC5=O)cc12. The van der Waals surface area contributed by atoms with E-state index < -0.39 is 0 Å². The summed E-state index contributed by atoms with van der Waals surface area (Å²) in [5.74, 6) is 1.78. The summed E-state index contributed by atoms with van der Waals surface area (Å²) in [6.45, 7) is 2.03. The zero-order valence-corrected chi connectivity index (χ0v) is 16.7. The number of hydrogen-bond acceptors (Lipinski definition) is 4. The molecular formula is C24H22N4O2. The lowest BCUT2D eigenvalue weighted by atomic mass is 9.67. The molecule has 0 spiro atoms. The maximum Gasteiger partial charge on any atom is 0.259 e. The summed E-state index contributed by atoms with van der Waals surface area (Å²) < 4.78 is 0. The number of carbonyl (C=O) groups excluding carboxylic acids is 2. The molecule has 3 aromatic rings. The summed E-state index contributed by atoms with van der Waals surface area (Å²) in [5.41, 5.74) is 6.63. The fourth-order valence-electron chi connectivity index (χ4n) is 6.83. The third-order valence-electron chi connectivity index (χ3n) is 8.08. The predicted octanol–water partition coefficient (Wildman–Crippen LogP) is 4.05. The number of aryl methyl sites for hydroxylation is 1. The molecule has 5 atom stereocenters. The highest BCUT2D eigenvalue weighted by Gasteiger charge is 2.54. The van der Waals surface area contributed by atoms with Crippen molar-refractivity contribution < 1.29 is 9.59 Å². The lowest BCUT2D eigenvalue weighted by Crippen LogP contribution is -2.35. The number of anilines is 1. The second-order valence-electron chi connectivity index (χ2n) is 9.44. The molecule has 2 aliphatic carbocycles. The molecule has 2 amide bonds. The smallest absolute Gasteiger partial charge is 0.259 e. The van der Waals surface area contributed by atoms with E-state index in [1.54, 1.807) is 0 Å². The first kappa shape index (κ1) is 16.6. The zero-order chi connectivity index (χ0) is 20.1. The molecular weight excluding hydrogens is 376 g/mol. The minimum atomic E-state index is -0.290. The molecule has 2 bridgehead atoms. The van der Waals surface area contributed by atoms with Crippen molar-refractivity contribution in [1.29, 1.82) is 0 Å². The zero-order valence-electron chi connectivity index (χ0n) is 16.7. The van der Waals surface area contributed by atoms with Gasteiger partial charge in [-0.15, -0.1) is 0 Å². The number of hydrogen-bond donors (Lipinski definition) is 3. The van der Waals surface area contributed by atoms with Gasteiger partial charge < -0.3 is 5.32 Å². The number of amides is 2. The molecule has 6 heteroatoms. The predicted molar refractivity (Wildman–Crippen MR) is 112 cm³/mol. The van der Waals surface area contributed by atoms with E-state index in [9.17, 15) is 9.59 Å². The fraction of sp³-hybridized carbons (Fsp3) is 0.375. The van der Waals surface area contributed by atoms with Gasteiger partial charge in [-0.05, 0) is 85.3 Å². The maximum absolute atomic E-state index is 12.3. The van der Waals surface area contributed by atoms with Crippen LogP contribution in [0.25, 0.3) is 10.9 Å². The van der Waals surface area contributed by atoms with E-state index in [0.717, 1.165) is 16.9 Å². The summed E-state index contributed by atoms with van der Waals surface area (Å²) in [6.07, 6.45) is 3.82. The van der Waals surface area contributed by atoms with E-state index in [-0.39, 0.29) is 17.9 Å². The van der Waals surface area contributed by atoms with Gasteiger partial charge in [-0.2, -0.15) is 5.10 Å². The van der Waals surface area contributed by atoms with Crippen LogP contribution in [0.3, 0.4) is 0 Å². The van der Waals surface area contributed by atoms with Crippen LogP contribution in [0.4, 0.5) is 5.69 Å². The molecule has 7 rings (SSSR count). The number of aromatic nitrogens is 2. The van der Waals surface area contributed by atoms with Gasteiger partial charge in [-0.1, -0.05) is 6.07 Å². The van der Waals surface area contributed by atoms with Crippen molar-refractivity contribution in [2.24, 2.45) is 17.8 Å². The monoisotopic (exact) mass is 398 g/mol. The Balaban J connectivity index is 1.41. The Labute approximate surface area is 173 Å².